The van der Waals surface area contributed by atoms with Crippen LogP contribution in [-0.2, 0) is 4.79 Å². The van der Waals surface area contributed by atoms with E-state index in [0.29, 0.717) is 22.8 Å². The number of hydrogen-bond donors (Lipinski definition) is 2. The standard InChI is InChI=1S/C16H23ClN4O2/c1-11-8-12(17)9-13(16(23)18-2)15(11)19-14(22)10-21-6-4-20(3)5-7-21/h8-9H,4-7,10H2,1-3H3,(H,18,23)(H,19,22). The minimum Gasteiger partial charge on any atom is -0.355 e. The summed E-state index contributed by atoms with van der Waals surface area (Å²) >= 11 is 6.02. The highest BCUT2D eigenvalue weighted by Crippen LogP contribution is 2.25. The molecular weight excluding hydrogens is 316 g/mol. The first-order valence-corrected chi connectivity index (χ1v) is 8.01. The van der Waals surface area contributed by atoms with Crippen LogP contribution in [0.5, 0.6) is 0 Å². The zero-order valence-electron chi connectivity index (χ0n) is 13.8. The average Bonchev–Trinajstić information content (AvgIpc) is 2.51. The van der Waals surface area contributed by atoms with E-state index >= 15 is 0 Å². The van der Waals surface area contributed by atoms with E-state index in [1.165, 1.54) is 0 Å². The van der Waals surface area contributed by atoms with E-state index in [0.717, 1.165) is 31.7 Å². The third-order valence-electron chi connectivity index (χ3n) is 4.00. The van der Waals surface area contributed by atoms with E-state index in [2.05, 4.69) is 27.5 Å². The number of likely N-dealkylation sites (N-methyl/N-ethyl adjacent to an activating group) is 1. The summed E-state index contributed by atoms with van der Waals surface area (Å²) in [5.74, 6) is -0.393. The molecule has 1 aliphatic rings. The Balaban J connectivity index is 2.09. The Labute approximate surface area is 141 Å². The first-order valence-electron chi connectivity index (χ1n) is 7.63. The van der Waals surface area contributed by atoms with Gasteiger partial charge in [-0.2, -0.15) is 0 Å². The van der Waals surface area contributed by atoms with Crippen molar-refractivity contribution in [2.45, 2.75) is 6.92 Å². The van der Waals surface area contributed by atoms with Crippen molar-refractivity contribution >= 4 is 29.1 Å². The number of nitrogens with one attached hydrogen (secondary N) is 2. The number of carbonyl (C=O) groups is 2. The molecule has 2 amide bonds. The Hall–Kier alpha value is -1.63. The lowest BCUT2D eigenvalue weighted by Gasteiger charge is -2.31. The highest BCUT2D eigenvalue weighted by Gasteiger charge is 2.19. The number of piperazine rings is 1. The zero-order chi connectivity index (χ0) is 17.0. The molecule has 1 saturated heterocycles. The number of nitrogens with zero attached hydrogens (tertiary/aromatic N) is 2. The molecule has 1 aromatic rings. The Bertz CT molecular complexity index is 598. The van der Waals surface area contributed by atoms with Crippen LogP contribution in [0.3, 0.4) is 0 Å². The Kier molecular flexibility index (Phi) is 5.98. The third kappa shape index (κ3) is 4.67. The topological polar surface area (TPSA) is 64.7 Å². The SMILES string of the molecule is CNC(=O)c1cc(Cl)cc(C)c1NC(=O)CN1CCN(C)CC1. The molecule has 0 aliphatic carbocycles. The van der Waals surface area contributed by atoms with Crippen LogP contribution < -0.4 is 10.6 Å². The fraction of sp³-hybridized carbons (Fsp3) is 0.500. The maximum atomic E-state index is 12.3. The van der Waals surface area contributed by atoms with Crippen molar-refractivity contribution in [3.05, 3.63) is 28.3 Å². The number of hydrogen-bond acceptors (Lipinski definition) is 4. The van der Waals surface area contributed by atoms with E-state index in [1.54, 1.807) is 19.2 Å². The number of carbonyl (C=O) groups excluding carboxylic acids is 2. The van der Waals surface area contributed by atoms with Crippen molar-refractivity contribution in [2.75, 3.05) is 52.1 Å². The number of rotatable bonds is 4. The van der Waals surface area contributed by atoms with Gasteiger partial charge in [-0.3, -0.25) is 14.5 Å². The lowest BCUT2D eigenvalue weighted by Crippen LogP contribution is -2.47. The van der Waals surface area contributed by atoms with Crippen LogP contribution in [0.2, 0.25) is 5.02 Å². The van der Waals surface area contributed by atoms with Gasteiger partial charge in [0, 0.05) is 38.2 Å². The van der Waals surface area contributed by atoms with Gasteiger partial charge in [-0.15, -0.1) is 0 Å². The first kappa shape index (κ1) is 17.7. The van der Waals surface area contributed by atoms with Crippen LogP contribution in [0.25, 0.3) is 0 Å². The molecule has 0 radical (unpaired) electrons. The summed E-state index contributed by atoms with van der Waals surface area (Å²) in [6, 6.07) is 3.30. The van der Waals surface area contributed by atoms with Gasteiger partial charge in [0.25, 0.3) is 5.91 Å². The molecule has 1 heterocycles. The van der Waals surface area contributed by atoms with Crippen molar-refractivity contribution < 1.29 is 9.59 Å². The molecule has 0 atom stereocenters. The van der Waals surface area contributed by atoms with E-state index in [4.69, 9.17) is 11.6 Å². The van der Waals surface area contributed by atoms with Gasteiger partial charge < -0.3 is 15.5 Å². The molecule has 1 aliphatic heterocycles. The van der Waals surface area contributed by atoms with Crippen LogP contribution >= 0.6 is 11.6 Å². The van der Waals surface area contributed by atoms with E-state index in [1.807, 2.05) is 6.92 Å². The van der Waals surface area contributed by atoms with Gasteiger partial charge in [-0.05, 0) is 31.7 Å². The lowest BCUT2D eigenvalue weighted by molar-refractivity contribution is -0.117. The van der Waals surface area contributed by atoms with E-state index < -0.39 is 0 Å². The van der Waals surface area contributed by atoms with Gasteiger partial charge in [-0.25, -0.2) is 0 Å². The predicted octanol–water partition coefficient (Wildman–Crippen LogP) is 1.19. The van der Waals surface area contributed by atoms with Crippen LogP contribution in [0.4, 0.5) is 5.69 Å². The van der Waals surface area contributed by atoms with Crippen molar-refractivity contribution in [1.82, 2.24) is 15.1 Å². The van der Waals surface area contributed by atoms with Crippen molar-refractivity contribution in [3.8, 4) is 0 Å². The number of aryl methyl sites for hydroxylation is 1. The molecule has 1 fully saturated rings. The van der Waals surface area contributed by atoms with Gasteiger partial charge >= 0.3 is 0 Å². The molecule has 0 aromatic heterocycles. The maximum Gasteiger partial charge on any atom is 0.253 e. The minimum atomic E-state index is -0.273. The first-order chi connectivity index (χ1) is 10.9. The van der Waals surface area contributed by atoms with Gasteiger partial charge in [0.2, 0.25) is 5.91 Å². The van der Waals surface area contributed by atoms with Crippen molar-refractivity contribution in [2.24, 2.45) is 0 Å². The highest BCUT2D eigenvalue weighted by molar-refractivity contribution is 6.31. The normalized spacial score (nSPS) is 16.2. The summed E-state index contributed by atoms with van der Waals surface area (Å²) in [4.78, 5) is 28.7. The molecule has 23 heavy (non-hydrogen) atoms. The molecule has 1 aromatic carbocycles. The molecule has 0 saturated carbocycles. The second-order valence-electron chi connectivity index (χ2n) is 5.85. The van der Waals surface area contributed by atoms with Gasteiger partial charge in [0.1, 0.15) is 0 Å². The van der Waals surface area contributed by atoms with E-state index in [-0.39, 0.29) is 11.8 Å². The molecule has 0 unspecified atom stereocenters. The summed E-state index contributed by atoms with van der Waals surface area (Å²) < 4.78 is 0. The predicted molar refractivity (Wildman–Crippen MR) is 92.1 cm³/mol. The lowest BCUT2D eigenvalue weighted by atomic mass is 10.1. The molecule has 126 valence electrons. The summed E-state index contributed by atoms with van der Waals surface area (Å²) in [7, 11) is 3.62. The number of benzene rings is 1. The molecule has 7 heteroatoms. The summed E-state index contributed by atoms with van der Waals surface area (Å²) in [5.41, 5.74) is 1.67. The summed E-state index contributed by atoms with van der Waals surface area (Å²) in [6.07, 6.45) is 0. The van der Waals surface area contributed by atoms with Gasteiger partial charge in [-0.1, -0.05) is 11.6 Å². The average molecular weight is 339 g/mol. The van der Waals surface area contributed by atoms with Gasteiger partial charge in [0.05, 0.1) is 17.8 Å². The monoisotopic (exact) mass is 338 g/mol. The number of halogens is 1. The number of anilines is 1. The smallest absolute Gasteiger partial charge is 0.253 e. The van der Waals surface area contributed by atoms with Crippen LogP contribution in [0, 0.1) is 6.92 Å². The quantitative estimate of drug-likeness (QED) is 0.865. The summed E-state index contributed by atoms with van der Waals surface area (Å²) in [6.45, 7) is 5.79. The molecule has 2 rings (SSSR count). The van der Waals surface area contributed by atoms with Crippen LogP contribution in [0.1, 0.15) is 15.9 Å². The van der Waals surface area contributed by atoms with Crippen molar-refractivity contribution in [3.63, 3.8) is 0 Å². The Morgan fingerprint density at radius 1 is 1.22 bits per heavy atom. The molecule has 6 nitrogen and oxygen atoms in total. The van der Waals surface area contributed by atoms with E-state index in [9.17, 15) is 9.59 Å². The molecule has 0 bridgehead atoms. The van der Waals surface area contributed by atoms with Crippen LogP contribution in [0.15, 0.2) is 12.1 Å². The fourth-order valence-electron chi connectivity index (χ4n) is 2.61. The van der Waals surface area contributed by atoms with Gasteiger partial charge in [0.15, 0.2) is 0 Å². The third-order valence-corrected chi connectivity index (χ3v) is 4.22. The Morgan fingerprint density at radius 2 is 1.87 bits per heavy atom. The molecular formula is C16H23ClN4O2. The zero-order valence-corrected chi connectivity index (χ0v) is 14.5. The van der Waals surface area contributed by atoms with Crippen molar-refractivity contribution in [1.29, 1.82) is 0 Å². The second-order valence-corrected chi connectivity index (χ2v) is 6.29. The second kappa shape index (κ2) is 7.77. The minimum absolute atomic E-state index is 0.120. The molecule has 0 spiro atoms. The maximum absolute atomic E-state index is 12.3. The van der Waals surface area contributed by atoms with Crippen LogP contribution in [-0.4, -0.2) is 68.4 Å². The Morgan fingerprint density at radius 3 is 2.48 bits per heavy atom. The summed E-state index contributed by atoms with van der Waals surface area (Å²) in [5, 5.41) is 5.91. The number of amides is 2. The highest BCUT2D eigenvalue weighted by atomic mass is 35.5. The molecule has 2 N–H and O–H groups in total. The largest absolute Gasteiger partial charge is 0.355 e. The fourth-order valence-corrected chi connectivity index (χ4v) is 2.88.